The highest BCUT2D eigenvalue weighted by atomic mass is 19.1. The number of ketones is 1. The van der Waals surface area contributed by atoms with Gasteiger partial charge in [0.1, 0.15) is 17.3 Å². The number of aromatic hydroxyl groups is 1. The van der Waals surface area contributed by atoms with Crippen LogP contribution in [0.1, 0.15) is 17.2 Å². The summed E-state index contributed by atoms with van der Waals surface area (Å²) in [6.45, 7) is 0. The fraction of sp³-hybridized carbons (Fsp3) is 0.0370. The summed E-state index contributed by atoms with van der Waals surface area (Å²) < 4.78 is 13.6. The van der Waals surface area contributed by atoms with Crippen LogP contribution in [0.25, 0.3) is 16.5 Å². The Labute approximate surface area is 188 Å². The third-order valence-corrected chi connectivity index (χ3v) is 5.79. The van der Waals surface area contributed by atoms with Crippen molar-refractivity contribution in [1.82, 2.24) is 0 Å². The number of hydrogen-bond acceptors (Lipinski definition) is 4. The van der Waals surface area contributed by atoms with Gasteiger partial charge in [0.25, 0.3) is 11.7 Å². The highest BCUT2D eigenvalue weighted by molar-refractivity contribution is 6.52. The van der Waals surface area contributed by atoms with Gasteiger partial charge in [-0.2, -0.15) is 0 Å². The zero-order valence-electron chi connectivity index (χ0n) is 17.3. The number of carbonyl (C=O) groups is 2. The van der Waals surface area contributed by atoms with E-state index in [-0.39, 0.29) is 22.8 Å². The number of benzene rings is 4. The van der Waals surface area contributed by atoms with Crippen molar-refractivity contribution in [1.29, 1.82) is 0 Å². The number of anilines is 1. The Morgan fingerprint density at radius 3 is 2.21 bits per heavy atom. The second-order valence-corrected chi connectivity index (χ2v) is 7.77. The van der Waals surface area contributed by atoms with Crippen molar-refractivity contribution in [2.45, 2.75) is 6.04 Å². The van der Waals surface area contributed by atoms with Crippen molar-refractivity contribution in [3.63, 3.8) is 0 Å². The van der Waals surface area contributed by atoms with E-state index in [1.54, 1.807) is 24.3 Å². The molecule has 5 rings (SSSR count). The summed E-state index contributed by atoms with van der Waals surface area (Å²) in [5.41, 5.74) is 0.772. The number of rotatable bonds is 3. The molecule has 5 nitrogen and oxygen atoms in total. The largest absolute Gasteiger partial charge is 0.507 e. The van der Waals surface area contributed by atoms with Crippen molar-refractivity contribution >= 4 is 33.9 Å². The normalized spacial score (nSPS) is 17.6. The molecule has 0 aromatic heterocycles. The first-order valence-electron chi connectivity index (χ1n) is 10.3. The molecule has 4 aromatic rings. The average molecular weight is 439 g/mol. The molecule has 4 aromatic carbocycles. The predicted octanol–water partition coefficient (Wildman–Crippen LogP) is 5.31. The minimum atomic E-state index is -1.05. The average Bonchev–Trinajstić information content (AvgIpc) is 3.09. The van der Waals surface area contributed by atoms with Gasteiger partial charge in [-0.25, -0.2) is 4.39 Å². The molecule has 6 heteroatoms. The van der Waals surface area contributed by atoms with Crippen LogP contribution in [0.4, 0.5) is 10.1 Å². The molecule has 1 heterocycles. The second kappa shape index (κ2) is 7.91. The van der Waals surface area contributed by atoms with E-state index in [0.29, 0.717) is 11.1 Å². The third kappa shape index (κ3) is 3.42. The molecule has 1 amide bonds. The summed E-state index contributed by atoms with van der Waals surface area (Å²) >= 11 is 0. The molecule has 1 fully saturated rings. The van der Waals surface area contributed by atoms with Crippen LogP contribution in [0.15, 0.2) is 96.6 Å². The number of fused-ring (bicyclic) bond motifs is 1. The van der Waals surface area contributed by atoms with Gasteiger partial charge in [-0.05, 0) is 46.7 Å². The molecule has 1 saturated heterocycles. The molecule has 0 radical (unpaired) electrons. The number of nitrogens with zero attached hydrogens (tertiary/aromatic N) is 1. The number of aliphatic hydroxyl groups excluding tert-OH is 1. The summed E-state index contributed by atoms with van der Waals surface area (Å²) in [6.07, 6.45) is 0. The van der Waals surface area contributed by atoms with Crippen molar-refractivity contribution in [3.05, 3.63) is 114 Å². The maximum atomic E-state index is 13.6. The number of aliphatic hydroxyl groups is 1. The van der Waals surface area contributed by atoms with Gasteiger partial charge in [0.2, 0.25) is 0 Å². The molecule has 0 spiro atoms. The number of halogens is 1. The molecule has 0 bridgehead atoms. The van der Waals surface area contributed by atoms with E-state index < -0.39 is 23.5 Å². The summed E-state index contributed by atoms with van der Waals surface area (Å²) in [6, 6.07) is 23.2. The van der Waals surface area contributed by atoms with Crippen LogP contribution in [0.5, 0.6) is 5.75 Å². The van der Waals surface area contributed by atoms with E-state index in [2.05, 4.69) is 0 Å². The number of amides is 1. The second-order valence-electron chi connectivity index (χ2n) is 7.77. The number of carbonyl (C=O) groups excluding carboxylic acids is 2. The first-order chi connectivity index (χ1) is 16.0. The Kier molecular flexibility index (Phi) is 4.90. The molecule has 0 saturated carbocycles. The number of phenolic OH excluding ortho intramolecular Hbond substituents is 1. The highest BCUT2D eigenvalue weighted by Gasteiger charge is 2.47. The van der Waals surface area contributed by atoms with Crippen LogP contribution in [-0.4, -0.2) is 21.9 Å². The van der Waals surface area contributed by atoms with Crippen LogP contribution in [0.2, 0.25) is 0 Å². The molecule has 162 valence electrons. The van der Waals surface area contributed by atoms with E-state index in [1.807, 2.05) is 30.3 Å². The van der Waals surface area contributed by atoms with Crippen LogP contribution in [0, 0.1) is 5.82 Å². The Hall–Kier alpha value is -4.45. The van der Waals surface area contributed by atoms with Gasteiger partial charge in [0.15, 0.2) is 0 Å². The van der Waals surface area contributed by atoms with Crippen LogP contribution in [0.3, 0.4) is 0 Å². The van der Waals surface area contributed by atoms with Gasteiger partial charge < -0.3 is 10.2 Å². The number of hydrogen-bond donors (Lipinski definition) is 2. The Balaban J connectivity index is 1.74. The molecule has 1 aliphatic heterocycles. The van der Waals surface area contributed by atoms with Gasteiger partial charge in [-0.3, -0.25) is 14.5 Å². The highest BCUT2D eigenvalue weighted by Crippen LogP contribution is 2.44. The molecular weight excluding hydrogens is 421 g/mol. The van der Waals surface area contributed by atoms with Gasteiger partial charge >= 0.3 is 0 Å². The number of Topliss-reactive ketones (excluding diaryl/α,β-unsaturated/α-hetero) is 1. The molecule has 1 atom stereocenters. The van der Waals surface area contributed by atoms with Gasteiger partial charge in [-0.1, -0.05) is 60.7 Å². The zero-order chi connectivity index (χ0) is 23.1. The Morgan fingerprint density at radius 2 is 1.48 bits per heavy atom. The van der Waals surface area contributed by atoms with E-state index in [4.69, 9.17) is 0 Å². The maximum Gasteiger partial charge on any atom is 0.300 e. The minimum absolute atomic E-state index is 0.117. The minimum Gasteiger partial charge on any atom is -0.507 e. The van der Waals surface area contributed by atoms with Crippen LogP contribution in [-0.2, 0) is 9.59 Å². The lowest BCUT2D eigenvalue weighted by Crippen LogP contribution is -2.29. The lowest BCUT2D eigenvalue weighted by atomic mass is 9.94. The third-order valence-electron chi connectivity index (χ3n) is 5.79. The molecule has 1 unspecified atom stereocenters. The summed E-state index contributed by atoms with van der Waals surface area (Å²) in [5, 5.41) is 23.4. The van der Waals surface area contributed by atoms with Gasteiger partial charge in [0.05, 0.1) is 17.3 Å². The fourth-order valence-electron chi connectivity index (χ4n) is 4.20. The van der Waals surface area contributed by atoms with Crippen molar-refractivity contribution < 1.29 is 24.2 Å². The van der Waals surface area contributed by atoms with E-state index >= 15 is 0 Å². The lowest BCUT2D eigenvalue weighted by Gasteiger charge is -2.26. The zero-order valence-corrected chi connectivity index (χ0v) is 17.3. The quantitative estimate of drug-likeness (QED) is 0.258. The van der Waals surface area contributed by atoms with Gasteiger partial charge in [-0.15, -0.1) is 0 Å². The lowest BCUT2D eigenvalue weighted by molar-refractivity contribution is -0.132. The predicted molar refractivity (Wildman–Crippen MR) is 123 cm³/mol. The maximum absolute atomic E-state index is 13.6. The molecule has 1 aliphatic rings. The van der Waals surface area contributed by atoms with Crippen LogP contribution >= 0.6 is 0 Å². The van der Waals surface area contributed by atoms with E-state index in [9.17, 15) is 24.2 Å². The first-order valence-corrected chi connectivity index (χ1v) is 10.3. The van der Waals surface area contributed by atoms with E-state index in [1.165, 1.54) is 36.4 Å². The van der Waals surface area contributed by atoms with Crippen LogP contribution < -0.4 is 4.90 Å². The molecule has 0 aliphatic carbocycles. The topological polar surface area (TPSA) is 77.8 Å². The smallest absolute Gasteiger partial charge is 0.300 e. The molecule has 2 N–H and O–H groups in total. The molecular formula is C27H18FNO4. The SMILES string of the molecule is O=C1C(=O)N(c2ccccc2O)C(c2ccc(F)cc2)/C1=C(/O)c1ccc2ccccc2c1. The summed E-state index contributed by atoms with van der Waals surface area (Å²) in [5.74, 6) is -2.80. The van der Waals surface area contributed by atoms with Crippen molar-refractivity contribution in [3.8, 4) is 5.75 Å². The standard InChI is InChI=1S/C27H18FNO4/c28-20-13-11-17(12-14-20)24-23(25(31)19-10-9-16-5-1-2-6-18(16)15-19)26(32)27(33)29(24)21-7-3-4-8-22(21)30/h1-15,24,30-31H/b25-23-. The molecule has 33 heavy (non-hydrogen) atoms. The van der Waals surface area contributed by atoms with Gasteiger partial charge in [0, 0.05) is 5.56 Å². The van der Waals surface area contributed by atoms with E-state index in [0.717, 1.165) is 15.7 Å². The van der Waals surface area contributed by atoms with Crippen molar-refractivity contribution in [2.75, 3.05) is 4.90 Å². The summed E-state index contributed by atoms with van der Waals surface area (Å²) in [7, 11) is 0. The fourth-order valence-corrected chi connectivity index (χ4v) is 4.20. The number of para-hydroxylation sites is 2. The number of phenols is 1. The van der Waals surface area contributed by atoms with Crippen molar-refractivity contribution in [2.24, 2.45) is 0 Å². The Bertz CT molecular complexity index is 1440. The first kappa shape index (κ1) is 20.5. The summed E-state index contributed by atoms with van der Waals surface area (Å²) in [4.78, 5) is 27.4. The Morgan fingerprint density at radius 1 is 0.818 bits per heavy atom. The monoisotopic (exact) mass is 439 g/mol.